The average Bonchev–Trinajstić information content (AvgIpc) is 3.12. The smallest absolute Gasteiger partial charge is 0.225 e. The van der Waals surface area contributed by atoms with Gasteiger partial charge in [-0.05, 0) is 27.2 Å². The van der Waals surface area contributed by atoms with Gasteiger partial charge in [0, 0.05) is 30.4 Å². The van der Waals surface area contributed by atoms with Crippen molar-refractivity contribution in [3.8, 4) is 5.82 Å². The zero-order valence-electron chi connectivity index (χ0n) is 13.8. The summed E-state index contributed by atoms with van der Waals surface area (Å²) in [6.45, 7) is 5.59. The summed E-state index contributed by atoms with van der Waals surface area (Å²) < 4.78 is 6.92. The van der Waals surface area contributed by atoms with Crippen LogP contribution in [0.2, 0.25) is 0 Å². The summed E-state index contributed by atoms with van der Waals surface area (Å²) in [5.74, 6) is 2.55. The van der Waals surface area contributed by atoms with Gasteiger partial charge in [-0.25, -0.2) is 15.0 Å². The van der Waals surface area contributed by atoms with Crippen LogP contribution in [0.4, 0.5) is 5.82 Å². The number of rotatable bonds is 5. The number of hydrogen-bond donors (Lipinski definition) is 1. The molecule has 3 heterocycles. The van der Waals surface area contributed by atoms with E-state index in [9.17, 15) is 4.79 Å². The van der Waals surface area contributed by atoms with E-state index in [1.54, 1.807) is 18.5 Å². The van der Waals surface area contributed by atoms with Crippen LogP contribution >= 0.6 is 0 Å². The molecule has 0 aromatic carbocycles. The fourth-order valence-electron chi connectivity index (χ4n) is 2.47. The van der Waals surface area contributed by atoms with Crippen molar-refractivity contribution in [2.45, 2.75) is 33.6 Å². The van der Waals surface area contributed by atoms with E-state index in [1.807, 2.05) is 25.3 Å². The predicted octanol–water partition coefficient (Wildman–Crippen LogP) is 2.15. The number of hydrogen-bond acceptors (Lipinski definition) is 6. The van der Waals surface area contributed by atoms with Gasteiger partial charge in [-0.1, -0.05) is 5.16 Å². The van der Waals surface area contributed by atoms with Crippen molar-refractivity contribution < 1.29 is 9.32 Å². The van der Waals surface area contributed by atoms with Crippen molar-refractivity contribution in [2.75, 3.05) is 5.32 Å². The molecule has 0 spiro atoms. The van der Waals surface area contributed by atoms with Crippen LogP contribution in [0, 0.1) is 20.8 Å². The first-order valence-corrected chi connectivity index (χ1v) is 7.58. The van der Waals surface area contributed by atoms with E-state index in [0.717, 1.165) is 22.8 Å². The first-order chi connectivity index (χ1) is 11.5. The second-order valence-corrected chi connectivity index (χ2v) is 5.46. The fraction of sp³-hybridized carbons (Fsp3) is 0.312. The van der Waals surface area contributed by atoms with Crippen molar-refractivity contribution in [1.29, 1.82) is 0 Å². The lowest BCUT2D eigenvalue weighted by Gasteiger charge is -2.07. The molecule has 3 aromatic heterocycles. The highest BCUT2D eigenvalue weighted by atomic mass is 16.5. The van der Waals surface area contributed by atoms with Crippen molar-refractivity contribution in [3.05, 3.63) is 47.6 Å². The summed E-state index contributed by atoms with van der Waals surface area (Å²) in [5, 5.41) is 6.68. The molecule has 0 radical (unpaired) electrons. The lowest BCUT2D eigenvalue weighted by atomic mass is 10.1. The number of nitrogens with one attached hydrogen (secondary N) is 1. The SMILES string of the molecule is Cc1noc(C)c1CCC(=O)Nc1cc(-n2ccnc2C)ncn1. The Bertz CT molecular complexity index is 848. The van der Waals surface area contributed by atoms with Crippen LogP contribution in [0.3, 0.4) is 0 Å². The molecular weight excluding hydrogens is 308 g/mol. The molecule has 3 aromatic rings. The number of nitrogens with zero attached hydrogens (tertiary/aromatic N) is 5. The predicted molar refractivity (Wildman–Crippen MR) is 86.8 cm³/mol. The summed E-state index contributed by atoms with van der Waals surface area (Å²) in [6.07, 6.45) is 5.82. The maximum absolute atomic E-state index is 12.2. The number of carbonyl (C=O) groups is 1. The van der Waals surface area contributed by atoms with E-state index in [2.05, 4.69) is 25.4 Å². The summed E-state index contributed by atoms with van der Waals surface area (Å²) >= 11 is 0. The largest absolute Gasteiger partial charge is 0.361 e. The van der Waals surface area contributed by atoms with E-state index in [0.29, 0.717) is 24.5 Å². The number of aryl methyl sites for hydroxylation is 3. The van der Waals surface area contributed by atoms with Crippen LogP contribution in [-0.2, 0) is 11.2 Å². The standard InChI is InChI=1S/C16H18N6O2/c1-10-13(11(2)24-21-10)4-5-16(23)20-14-8-15(19-9-18-14)22-7-6-17-12(22)3/h6-9H,4-5H2,1-3H3,(H,18,19,20,23). The molecule has 0 saturated heterocycles. The van der Waals surface area contributed by atoms with Gasteiger partial charge in [0.2, 0.25) is 5.91 Å². The molecule has 124 valence electrons. The molecule has 0 aliphatic rings. The average molecular weight is 326 g/mol. The summed E-state index contributed by atoms with van der Waals surface area (Å²) in [5.41, 5.74) is 1.79. The van der Waals surface area contributed by atoms with E-state index in [1.165, 1.54) is 6.33 Å². The first-order valence-electron chi connectivity index (χ1n) is 7.58. The Labute approximate surface area is 138 Å². The number of aromatic nitrogens is 5. The van der Waals surface area contributed by atoms with Crippen LogP contribution in [0.25, 0.3) is 5.82 Å². The molecule has 0 saturated carbocycles. The third-order valence-electron chi connectivity index (χ3n) is 3.78. The van der Waals surface area contributed by atoms with Gasteiger partial charge in [-0.15, -0.1) is 0 Å². The molecule has 0 aliphatic heterocycles. The molecule has 1 N–H and O–H groups in total. The Morgan fingerprint density at radius 2 is 2.08 bits per heavy atom. The molecule has 0 unspecified atom stereocenters. The Morgan fingerprint density at radius 3 is 2.75 bits per heavy atom. The Balaban J connectivity index is 1.66. The van der Waals surface area contributed by atoms with E-state index in [4.69, 9.17) is 4.52 Å². The van der Waals surface area contributed by atoms with E-state index < -0.39 is 0 Å². The Kier molecular flexibility index (Phi) is 4.37. The second kappa shape index (κ2) is 6.61. The first kappa shape index (κ1) is 15.9. The molecule has 3 rings (SSSR count). The lowest BCUT2D eigenvalue weighted by molar-refractivity contribution is -0.116. The van der Waals surface area contributed by atoms with Crippen molar-refractivity contribution >= 4 is 11.7 Å². The maximum atomic E-state index is 12.2. The van der Waals surface area contributed by atoms with Gasteiger partial charge in [-0.3, -0.25) is 9.36 Å². The highest BCUT2D eigenvalue weighted by Gasteiger charge is 2.12. The van der Waals surface area contributed by atoms with Crippen molar-refractivity contribution in [2.24, 2.45) is 0 Å². The lowest BCUT2D eigenvalue weighted by Crippen LogP contribution is -2.14. The quantitative estimate of drug-likeness (QED) is 0.771. The van der Waals surface area contributed by atoms with Crippen molar-refractivity contribution in [3.63, 3.8) is 0 Å². The van der Waals surface area contributed by atoms with Crippen LogP contribution in [0.5, 0.6) is 0 Å². The van der Waals surface area contributed by atoms with E-state index in [-0.39, 0.29) is 5.91 Å². The van der Waals surface area contributed by atoms with Gasteiger partial charge in [0.25, 0.3) is 0 Å². The molecule has 0 bridgehead atoms. The highest BCUT2D eigenvalue weighted by Crippen LogP contribution is 2.15. The monoisotopic (exact) mass is 326 g/mol. The van der Waals surface area contributed by atoms with Crippen molar-refractivity contribution in [1.82, 2.24) is 24.7 Å². The maximum Gasteiger partial charge on any atom is 0.225 e. The fourth-order valence-corrected chi connectivity index (χ4v) is 2.47. The van der Waals surface area contributed by atoms with Crippen LogP contribution in [-0.4, -0.2) is 30.6 Å². The van der Waals surface area contributed by atoms with Gasteiger partial charge in [0.1, 0.15) is 29.5 Å². The van der Waals surface area contributed by atoms with Gasteiger partial charge in [0.15, 0.2) is 0 Å². The van der Waals surface area contributed by atoms with E-state index >= 15 is 0 Å². The van der Waals surface area contributed by atoms with Crippen LogP contribution < -0.4 is 5.32 Å². The van der Waals surface area contributed by atoms with Gasteiger partial charge in [0.05, 0.1) is 5.69 Å². The summed E-state index contributed by atoms with van der Waals surface area (Å²) in [6, 6.07) is 1.71. The molecule has 0 atom stereocenters. The molecule has 1 amide bonds. The molecular formula is C16H18N6O2. The van der Waals surface area contributed by atoms with Crippen LogP contribution in [0.1, 0.15) is 29.3 Å². The minimum absolute atomic E-state index is 0.123. The molecule has 8 nitrogen and oxygen atoms in total. The zero-order chi connectivity index (χ0) is 17.1. The molecule has 24 heavy (non-hydrogen) atoms. The minimum atomic E-state index is -0.123. The normalized spacial score (nSPS) is 10.8. The number of amides is 1. The topological polar surface area (TPSA) is 98.7 Å². The Hall–Kier alpha value is -3.03. The second-order valence-electron chi connectivity index (χ2n) is 5.46. The zero-order valence-corrected chi connectivity index (χ0v) is 13.8. The third-order valence-corrected chi connectivity index (χ3v) is 3.78. The highest BCUT2D eigenvalue weighted by molar-refractivity contribution is 5.90. The number of carbonyl (C=O) groups excluding carboxylic acids is 1. The molecule has 0 aliphatic carbocycles. The Morgan fingerprint density at radius 1 is 1.25 bits per heavy atom. The summed E-state index contributed by atoms with van der Waals surface area (Å²) in [7, 11) is 0. The minimum Gasteiger partial charge on any atom is -0.361 e. The van der Waals surface area contributed by atoms with Gasteiger partial charge >= 0.3 is 0 Å². The van der Waals surface area contributed by atoms with Gasteiger partial charge in [-0.2, -0.15) is 0 Å². The van der Waals surface area contributed by atoms with Crippen LogP contribution in [0.15, 0.2) is 29.3 Å². The molecule has 0 fully saturated rings. The number of anilines is 1. The number of imidazole rings is 1. The molecule has 8 heteroatoms. The van der Waals surface area contributed by atoms with Gasteiger partial charge < -0.3 is 9.84 Å². The third kappa shape index (κ3) is 3.32. The summed E-state index contributed by atoms with van der Waals surface area (Å²) in [4.78, 5) is 24.6.